The van der Waals surface area contributed by atoms with E-state index in [1.807, 2.05) is 29.2 Å². The maximum absolute atomic E-state index is 12.3. The van der Waals surface area contributed by atoms with Gasteiger partial charge in [0.1, 0.15) is 0 Å². The molecule has 2 aliphatic rings. The highest BCUT2D eigenvalue weighted by Crippen LogP contribution is 2.39. The SMILES string of the molecule is COC(=O)N1CCC[C@@]2(CCN(Cc3cc(=O)c4ccccc4[nH]3)C2)C1. The lowest BCUT2D eigenvalue weighted by Gasteiger charge is -2.39. The molecule has 6 nitrogen and oxygen atoms in total. The Kier molecular flexibility index (Phi) is 4.44. The number of para-hydroxylation sites is 1. The van der Waals surface area contributed by atoms with Gasteiger partial charge in [-0.05, 0) is 37.9 Å². The van der Waals surface area contributed by atoms with E-state index in [9.17, 15) is 9.59 Å². The van der Waals surface area contributed by atoms with Gasteiger partial charge in [-0.25, -0.2) is 4.79 Å². The molecule has 1 N–H and O–H groups in total. The number of aromatic amines is 1. The van der Waals surface area contributed by atoms with E-state index in [-0.39, 0.29) is 16.9 Å². The first-order chi connectivity index (χ1) is 12.6. The molecule has 138 valence electrons. The second kappa shape index (κ2) is 6.76. The van der Waals surface area contributed by atoms with Crippen LogP contribution in [0.25, 0.3) is 10.9 Å². The van der Waals surface area contributed by atoms with Crippen LogP contribution in [-0.2, 0) is 11.3 Å². The summed E-state index contributed by atoms with van der Waals surface area (Å²) in [7, 11) is 1.45. The van der Waals surface area contributed by atoms with Crippen molar-refractivity contribution in [1.29, 1.82) is 0 Å². The molecule has 1 aromatic heterocycles. The summed E-state index contributed by atoms with van der Waals surface area (Å²) in [6.45, 7) is 4.23. The fourth-order valence-electron chi connectivity index (χ4n) is 4.57. The Morgan fingerprint density at radius 1 is 1.23 bits per heavy atom. The number of fused-ring (bicyclic) bond motifs is 1. The quantitative estimate of drug-likeness (QED) is 0.899. The minimum atomic E-state index is -0.221. The summed E-state index contributed by atoms with van der Waals surface area (Å²) in [6.07, 6.45) is 3.03. The van der Waals surface area contributed by atoms with Crippen LogP contribution >= 0.6 is 0 Å². The van der Waals surface area contributed by atoms with Crippen molar-refractivity contribution >= 4 is 17.0 Å². The zero-order valence-corrected chi connectivity index (χ0v) is 15.2. The number of likely N-dealkylation sites (tertiary alicyclic amines) is 2. The number of hydrogen-bond donors (Lipinski definition) is 1. The highest BCUT2D eigenvalue weighted by molar-refractivity contribution is 5.78. The topological polar surface area (TPSA) is 65.6 Å². The fourth-order valence-corrected chi connectivity index (χ4v) is 4.57. The van der Waals surface area contributed by atoms with Gasteiger partial charge in [-0.15, -0.1) is 0 Å². The van der Waals surface area contributed by atoms with Gasteiger partial charge in [-0.3, -0.25) is 9.69 Å². The van der Waals surface area contributed by atoms with Crippen LogP contribution in [0.1, 0.15) is 25.0 Å². The van der Waals surface area contributed by atoms with Crippen LogP contribution in [0.4, 0.5) is 4.79 Å². The van der Waals surface area contributed by atoms with E-state index in [2.05, 4.69) is 9.88 Å². The monoisotopic (exact) mass is 355 g/mol. The molecule has 4 rings (SSSR count). The Bertz CT molecular complexity index is 878. The number of nitrogens with zero attached hydrogens (tertiary/aromatic N) is 2. The number of pyridine rings is 1. The zero-order valence-electron chi connectivity index (χ0n) is 15.2. The van der Waals surface area contributed by atoms with Gasteiger partial charge < -0.3 is 14.6 Å². The second-order valence-corrected chi connectivity index (χ2v) is 7.66. The maximum Gasteiger partial charge on any atom is 0.409 e. The van der Waals surface area contributed by atoms with Gasteiger partial charge in [0.25, 0.3) is 0 Å². The van der Waals surface area contributed by atoms with E-state index in [0.717, 1.165) is 68.6 Å². The molecule has 0 aliphatic carbocycles. The number of benzene rings is 1. The fraction of sp³-hybridized carbons (Fsp3) is 0.500. The van der Waals surface area contributed by atoms with Crippen LogP contribution in [0, 0.1) is 5.41 Å². The van der Waals surface area contributed by atoms with Crippen molar-refractivity contribution in [3.05, 3.63) is 46.2 Å². The molecule has 2 saturated heterocycles. The van der Waals surface area contributed by atoms with Crippen LogP contribution < -0.4 is 5.43 Å². The molecule has 2 aliphatic heterocycles. The number of ether oxygens (including phenoxy) is 1. The number of aromatic nitrogens is 1. The summed E-state index contributed by atoms with van der Waals surface area (Å²) in [5.41, 5.74) is 2.06. The summed E-state index contributed by atoms with van der Waals surface area (Å²) in [5, 5.41) is 0.732. The molecule has 0 unspecified atom stereocenters. The molecule has 2 aromatic rings. The van der Waals surface area contributed by atoms with E-state index < -0.39 is 0 Å². The van der Waals surface area contributed by atoms with Gasteiger partial charge in [0.05, 0.1) is 7.11 Å². The smallest absolute Gasteiger partial charge is 0.409 e. The van der Waals surface area contributed by atoms with E-state index in [1.54, 1.807) is 6.07 Å². The van der Waals surface area contributed by atoms with Crippen molar-refractivity contribution in [2.75, 3.05) is 33.3 Å². The molecular formula is C20H25N3O3. The molecule has 3 heterocycles. The maximum atomic E-state index is 12.3. The highest BCUT2D eigenvalue weighted by Gasteiger charge is 2.42. The molecule has 6 heteroatoms. The van der Waals surface area contributed by atoms with Crippen molar-refractivity contribution < 1.29 is 9.53 Å². The first-order valence-electron chi connectivity index (χ1n) is 9.25. The number of piperidine rings is 1. The van der Waals surface area contributed by atoms with E-state index in [1.165, 1.54) is 7.11 Å². The van der Waals surface area contributed by atoms with Crippen LogP contribution in [-0.4, -0.2) is 54.2 Å². The van der Waals surface area contributed by atoms with Gasteiger partial charge >= 0.3 is 6.09 Å². The average Bonchev–Trinajstić information content (AvgIpc) is 3.02. The minimum absolute atomic E-state index is 0.0674. The van der Waals surface area contributed by atoms with Crippen molar-refractivity contribution in [2.45, 2.75) is 25.8 Å². The van der Waals surface area contributed by atoms with Crippen LogP contribution in [0.2, 0.25) is 0 Å². The molecule has 26 heavy (non-hydrogen) atoms. The molecular weight excluding hydrogens is 330 g/mol. The second-order valence-electron chi connectivity index (χ2n) is 7.66. The average molecular weight is 355 g/mol. The highest BCUT2D eigenvalue weighted by atomic mass is 16.5. The van der Waals surface area contributed by atoms with Gasteiger partial charge in [0.2, 0.25) is 0 Å². The van der Waals surface area contributed by atoms with Crippen LogP contribution in [0.3, 0.4) is 0 Å². The van der Waals surface area contributed by atoms with Crippen LogP contribution in [0.15, 0.2) is 35.1 Å². The summed E-state index contributed by atoms with van der Waals surface area (Å²) in [5.74, 6) is 0. The Labute approximate surface area is 152 Å². The van der Waals surface area contributed by atoms with E-state index in [0.29, 0.717) is 0 Å². The van der Waals surface area contributed by atoms with Gasteiger partial charge in [-0.2, -0.15) is 0 Å². The van der Waals surface area contributed by atoms with Gasteiger partial charge in [-0.1, -0.05) is 12.1 Å². The summed E-state index contributed by atoms with van der Waals surface area (Å²) < 4.78 is 4.90. The first kappa shape index (κ1) is 17.1. The van der Waals surface area contributed by atoms with Crippen molar-refractivity contribution in [3.8, 4) is 0 Å². The molecule has 0 saturated carbocycles. The number of nitrogens with one attached hydrogen (secondary N) is 1. The van der Waals surface area contributed by atoms with E-state index >= 15 is 0 Å². The van der Waals surface area contributed by atoms with Crippen molar-refractivity contribution in [1.82, 2.24) is 14.8 Å². The lowest BCUT2D eigenvalue weighted by molar-refractivity contribution is 0.0689. The largest absolute Gasteiger partial charge is 0.453 e. The number of carbonyl (C=O) groups is 1. The predicted octanol–water partition coefficient (Wildman–Crippen LogP) is 2.58. The Morgan fingerprint density at radius 2 is 2.08 bits per heavy atom. The molecule has 0 radical (unpaired) electrons. The molecule has 1 atom stereocenters. The predicted molar refractivity (Wildman–Crippen MR) is 100 cm³/mol. The summed E-state index contributed by atoms with van der Waals surface area (Å²) in [6, 6.07) is 9.34. The third-order valence-electron chi connectivity index (χ3n) is 5.80. The molecule has 1 aromatic carbocycles. The molecule has 1 spiro atoms. The lowest BCUT2D eigenvalue weighted by Crippen LogP contribution is -2.47. The Balaban J connectivity index is 1.48. The summed E-state index contributed by atoms with van der Waals surface area (Å²) in [4.78, 5) is 31.8. The number of rotatable bonds is 2. The number of H-pyrrole nitrogens is 1. The Hall–Kier alpha value is -2.34. The minimum Gasteiger partial charge on any atom is -0.453 e. The third-order valence-corrected chi connectivity index (χ3v) is 5.80. The molecule has 2 fully saturated rings. The molecule has 0 bridgehead atoms. The van der Waals surface area contributed by atoms with Crippen molar-refractivity contribution in [3.63, 3.8) is 0 Å². The number of carbonyl (C=O) groups excluding carboxylic acids is 1. The number of hydrogen-bond acceptors (Lipinski definition) is 4. The van der Waals surface area contributed by atoms with Gasteiger partial charge in [0, 0.05) is 54.3 Å². The van der Waals surface area contributed by atoms with Crippen LogP contribution in [0.5, 0.6) is 0 Å². The van der Waals surface area contributed by atoms with Crippen molar-refractivity contribution in [2.24, 2.45) is 5.41 Å². The van der Waals surface area contributed by atoms with Gasteiger partial charge in [0.15, 0.2) is 5.43 Å². The summed E-state index contributed by atoms with van der Waals surface area (Å²) >= 11 is 0. The van der Waals surface area contributed by atoms with E-state index in [4.69, 9.17) is 4.74 Å². The molecule has 1 amide bonds. The normalized spacial score (nSPS) is 23.7. The third kappa shape index (κ3) is 3.21. The first-order valence-corrected chi connectivity index (χ1v) is 9.25. The standard InChI is InChI=1S/C20H25N3O3/c1-26-19(25)23-9-4-7-20(14-23)8-10-22(13-20)12-15-11-18(24)16-5-2-3-6-17(16)21-15/h2-3,5-6,11H,4,7-10,12-14H2,1H3,(H,21,24)/t20-/m0/s1. The zero-order chi connectivity index (χ0) is 18.1. The Morgan fingerprint density at radius 3 is 2.92 bits per heavy atom. The number of amides is 1. The number of methoxy groups -OCH3 is 1. The lowest BCUT2D eigenvalue weighted by atomic mass is 9.79.